The number of nitrogens with one attached hydrogen (secondary N) is 1. The van der Waals surface area contributed by atoms with Crippen LogP contribution in [-0.2, 0) is 4.74 Å². The van der Waals surface area contributed by atoms with Crippen LogP contribution in [0.2, 0.25) is 5.02 Å². The van der Waals surface area contributed by atoms with Crippen molar-refractivity contribution < 1.29 is 4.74 Å². The number of piperidine rings is 1. The Labute approximate surface area is 209 Å². The summed E-state index contributed by atoms with van der Waals surface area (Å²) in [5, 5.41) is 6.44. The molecule has 0 atom stereocenters. The lowest BCUT2D eigenvalue weighted by molar-refractivity contribution is 0.122. The quantitative estimate of drug-likeness (QED) is 0.438. The van der Waals surface area contributed by atoms with Crippen molar-refractivity contribution in [3.8, 4) is 22.3 Å². The van der Waals surface area contributed by atoms with E-state index in [4.69, 9.17) is 21.4 Å². The number of pyridine rings is 2. The molecule has 9 heteroatoms. The minimum absolute atomic E-state index is 0.462. The van der Waals surface area contributed by atoms with Crippen molar-refractivity contribution in [2.24, 2.45) is 0 Å². The summed E-state index contributed by atoms with van der Waals surface area (Å²) in [7, 11) is 0. The average molecular weight is 492 g/mol. The number of anilines is 1. The average Bonchev–Trinajstić information content (AvgIpc) is 3.56. The summed E-state index contributed by atoms with van der Waals surface area (Å²) in [6, 6.07) is 4.60. The van der Waals surface area contributed by atoms with Gasteiger partial charge in [-0.05, 0) is 31.5 Å². The molecule has 1 N–H and O–H groups in total. The number of ether oxygens (including phenoxy) is 1. The van der Waals surface area contributed by atoms with E-state index >= 15 is 0 Å². The van der Waals surface area contributed by atoms with Crippen LogP contribution in [-0.4, -0.2) is 75.6 Å². The number of rotatable bonds is 5. The fraction of sp³-hybridized carbons (Fsp3) is 0.423. The molecule has 0 saturated carbocycles. The fourth-order valence-electron chi connectivity index (χ4n) is 5.17. The molecule has 0 bridgehead atoms. The number of nitrogens with zero attached hydrogens (tertiary/aromatic N) is 6. The van der Waals surface area contributed by atoms with E-state index in [-0.39, 0.29) is 0 Å². The smallest absolute Gasteiger partial charge is 0.147 e. The normalized spacial score (nSPS) is 17.9. The predicted molar refractivity (Wildman–Crippen MR) is 139 cm³/mol. The summed E-state index contributed by atoms with van der Waals surface area (Å²) in [4.78, 5) is 17.3. The molecule has 4 aromatic heterocycles. The predicted octanol–water partition coefficient (Wildman–Crippen LogP) is 4.64. The third-order valence-corrected chi connectivity index (χ3v) is 7.57. The van der Waals surface area contributed by atoms with Crippen LogP contribution < -0.4 is 4.90 Å². The van der Waals surface area contributed by atoms with Crippen molar-refractivity contribution in [1.82, 2.24) is 29.6 Å². The number of halogens is 1. The lowest BCUT2D eigenvalue weighted by atomic mass is 10.0. The van der Waals surface area contributed by atoms with Crippen molar-refractivity contribution in [1.29, 1.82) is 0 Å². The summed E-state index contributed by atoms with van der Waals surface area (Å²) in [5.41, 5.74) is 5.01. The van der Waals surface area contributed by atoms with Gasteiger partial charge in [-0.2, -0.15) is 5.10 Å². The van der Waals surface area contributed by atoms with E-state index < -0.39 is 0 Å². The third-order valence-electron chi connectivity index (χ3n) is 7.29. The van der Waals surface area contributed by atoms with Crippen LogP contribution in [0.15, 0.2) is 43.1 Å². The second-order valence-electron chi connectivity index (χ2n) is 9.33. The van der Waals surface area contributed by atoms with Crippen LogP contribution in [0.25, 0.3) is 33.3 Å². The van der Waals surface area contributed by atoms with Gasteiger partial charge in [-0.25, -0.2) is 9.97 Å². The molecule has 35 heavy (non-hydrogen) atoms. The number of likely N-dealkylation sites (tertiary alicyclic amines) is 1. The molecule has 4 aromatic rings. The van der Waals surface area contributed by atoms with E-state index in [9.17, 15) is 0 Å². The molecule has 2 saturated heterocycles. The van der Waals surface area contributed by atoms with E-state index in [0.29, 0.717) is 24.3 Å². The number of H-pyrrole nitrogens is 1. The number of aromatic amines is 1. The van der Waals surface area contributed by atoms with E-state index in [0.717, 1.165) is 84.7 Å². The Kier molecular flexibility index (Phi) is 6.18. The topological polar surface area (TPSA) is 75.1 Å². The first-order chi connectivity index (χ1) is 17.2. The highest BCUT2D eigenvalue weighted by atomic mass is 35.5. The summed E-state index contributed by atoms with van der Waals surface area (Å²) in [6.07, 6.45) is 12.2. The molecule has 0 radical (unpaired) electrons. The van der Waals surface area contributed by atoms with Gasteiger partial charge in [-0.15, -0.1) is 0 Å². The Balaban J connectivity index is 1.27. The molecular weight excluding hydrogens is 462 g/mol. The molecule has 2 fully saturated rings. The van der Waals surface area contributed by atoms with Gasteiger partial charge in [0.05, 0.1) is 30.5 Å². The second-order valence-corrected chi connectivity index (χ2v) is 9.73. The summed E-state index contributed by atoms with van der Waals surface area (Å²) in [5.74, 6) is 0.812. The monoisotopic (exact) mass is 491 g/mol. The number of fused-ring (bicyclic) bond motifs is 1. The van der Waals surface area contributed by atoms with Crippen LogP contribution in [0, 0.1) is 0 Å². The van der Waals surface area contributed by atoms with Crippen molar-refractivity contribution in [3.05, 3.63) is 48.1 Å². The molecule has 0 amide bonds. The molecule has 6 rings (SSSR count). The Morgan fingerprint density at radius 2 is 1.77 bits per heavy atom. The maximum absolute atomic E-state index is 6.65. The number of morpholine rings is 1. The van der Waals surface area contributed by atoms with Crippen LogP contribution in [0.4, 0.5) is 5.82 Å². The molecule has 0 aliphatic carbocycles. The minimum Gasteiger partial charge on any atom is -0.378 e. The van der Waals surface area contributed by atoms with Gasteiger partial charge in [0.1, 0.15) is 11.5 Å². The first-order valence-electron chi connectivity index (χ1n) is 12.4. The lowest BCUT2D eigenvalue weighted by Crippen LogP contribution is -2.36. The van der Waals surface area contributed by atoms with Gasteiger partial charge in [0, 0.05) is 78.6 Å². The van der Waals surface area contributed by atoms with Gasteiger partial charge in [0.2, 0.25) is 0 Å². The Morgan fingerprint density at radius 1 is 1.00 bits per heavy atom. The van der Waals surface area contributed by atoms with Gasteiger partial charge >= 0.3 is 0 Å². The highest BCUT2D eigenvalue weighted by Crippen LogP contribution is 2.34. The van der Waals surface area contributed by atoms with Gasteiger partial charge in [-0.3, -0.25) is 4.68 Å². The largest absolute Gasteiger partial charge is 0.378 e. The molecule has 0 unspecified atom stereocenters. The molecule has 8 nitrogen and oxygen atoms in total. The van der Waals surface area contributed by atoms with Crippen LogP contribution in [0.3, 0.4) is 0 Å². The van der Waals surface area contributed by atoms with Crippen LogP contribution >= 0.6 is 11.6 Å². The third kappa shape index (κ3) is 4.42. The van der Waals surface area contributed by atoms with Crippen LogP contribution in [0.1, 0.15) is 25.8 Å². The van der Waals surface area contributed by atoms with Gasteiger partial charge in [0.15, 0.2) is 0 Å². The maximum atomic E-state index is 6.65. The molecule has 182 valence electrons. The Hall–Kier alpha value is -2.94. The first-order valence-corrected chi connectivity index (χ1v) is 12.8. The molecule has 6 heterocycles. The molecule has 0 spiro atoms. The van der Waals surface area contributed by atoms with Gasteiger partial charge in [0.25, 0.3) is 0 Å². The Morgan fingerprint density at radius 3 is 2.54 bits per heavy atom. The first kappa shape index (κ1) is 22.5. The zero-order chi connectivity index (χ0) is 23.8. The zero-order valence-corrected chi connectivity index (χ0v) is 20.7. The van der Waals surface area contributed by atoms with Gasteiger partial charge in [-0.1, -0.05) is 18.5 Å². The highest BCUT2D eigenvalue weighted by Gasteiger charge is 2.21. The van der Waals surface area contributed by atoms with Crippen molar-refractivity contribution in [2.45, 2.75) is 25.8 Å². The van der Waals surface area contributed by atoms with Gasteiger partial charge < -0.3 is 19.5 Å². The SMILES string of the molecule is CCN1CCC(n2cc(-c3c[nH]c4ncc(-c5cnc(N6CCOCC6)c(Cl)c5)cc34)cn2)CC1. The van der Waals surface area contributed by atoms with Crippen LogP contribution in [0.5, 0.6) is 0 Å². The van der Waals surface area contributed by atoms with Crippen molar-refractivity contribution >= 4 is 28.5 Å². The summed E-state index contributed by atoms with van der Waals surface area (Å²) in [6.45, 7) is 8.63. The van der Waals surface area contributed by atoms with E-state index in [1.54, 1.807) is 0 Å². The van der Waals surface area contributed by atoms with E-state index in [2.05, 4.69) is 48.6 Å². The summed E-state index contributed by atoms with van der Waals surface area (Å²) < 4.78 is 7.59. The van der Waals surface area contributed by atoms with Crippen molar-refractivity contribution in [3.63, 3.8) is 0 Å². The molecular formula is C26H30ClN7O. The lowest BCUT2D eigenvalue weighted by Gasteiger charge is -2.31. The van der Waals surface area contributed by atoms with E-state index in [1.807, 2.05) is 30.9 Å². The number of aromatic nitrogens is 5. The van der Waals surface area contributed by atoms with Crippen molar-refractivity contribution in [2.75, 3.05) is 50.8 Å². The zero-order valence-electron chi connectivity index (χ0n) is 20.0. The minimum atomic E-state index is 0.462. The summed E-state index contributed by atoms with van der Waals surface area (Å²) >= 11 is 6.65. The highest BCUT2D eigenvalue weighted by molar-refractivity contribution is 6.33. The maximum Gasteiger partial charge on any atom is 0.147 e. The Bertz CT molecular complexity index is 1320. The number of hydrogen-bond acceptors (Lipinski definition) is 6. The molecule has 2 aliphatic heterocycles. The molecule has 0 aromatic carbocycles. The number of hydrogen-bond donors (Lipinski definition) is 1. The van der Waals surface area contributed by atoms with E-state index in [1.165, 1.54) is 0 Å². The standard InChI is InChI=1S/C26H30ClN7O/c1-2-32-5-3-21(4-6-32)34-17-20(15-31-34)23-16-29-25-22(23)11-18(13-28-25)19-12-24(27)26(30-14-19)33-7-9-35-10-8-33/h11-17,21H,2-10H2,1H3,(H,28,29). The fourth-order valence-corrected chi connectivity index (χ4v) is 5.46. The second kappa shape index (κ2) is 9.60. The molecule has 2 aliphatic rings.